The third-order valence-corrected chi connectivity index (χ3v) is 7.53. The molecular weight excluding hydrogens is 463 g/mol. The third-order valence-electron chi connectivity index (χ3n) is 7.53. The molecule has 0 aliphatic heterocycles. The second-order valence-electron chi connectivity index (χ2n) is 9.65. The molecule has 2 amide bonds. The first-order valence-corrected chi connectivity index (χ1v) is 11.7. The fraction of sp³-hybridized carbons (Fsp3) is 0.269. The van der Waals surface area contributed by atoms with E-state index in [2.05, 4.69) is 10.3 Å². The topological polar surface area (TPSA) is 141 Å². The molecule has 9 nitrogen and oxygen atoms in total. The number of nitrogens with two attached hydrogens (primary N) is 2. The molecule has 3 aliphatic carbocycles. The van der Waals surface area contributed by atoms with E-state index in [9.17, 15) is 14.0 Å². The lowest BCUT2D eigenvalue weighted by Crippen LogP contribution is -2.59. The Morgan fingerprint density at radius 1 is 1.25 bits per heavy atom. The van der Waals surface area contributed by atoms with Crippen molar-refractivity contribution in [1.82, 2.24) is 20.1 Å². The summed E-state index contributed by atoms with van der Waals surface area (Å²) in [6.45, 7) is 0.180. The Kier molecular flexibility index (Phi) is 4.82. The standard InChI is InChI=1S/C26H25FN6O3/c1-36-19-5-3-15(27)8-18(19)25(35)31-12-14-2-4-16(17-6-7-30-21(14)17)22-20(24(29)34)23(28)33(32-22)26-9-13(10-26)11-26/h2-8,13,30H,9-12,28H2,1H3,(H2,29,34)(H,31,35). The van der Waals surface area contributed by atoms with Crippen molar-refractivity contribution in [3.05, 3.63) is 65.1 Å². The van der Waals surface area contributed by atoms with Crippen LogP contribution < -0.4 is 21.5 Å². The van der Waals surface area contributed by atoms with Crippen molar-refractivity contribution in [3.8, 4) is 17.0 Å². The van der Waals surface area contributed by atoms with Gasteiger partial charge in [0.1, 0.15) is 28.6 Å². The summed E-state index contributed by atoms with van der Waals surface area (Å²) in [5, 5.41) is 8.43. The van der Waals surface area contributed by atoms with Crippen LogP contribution >= 0.6 is 0 Å². The van der Waals surface area contributed by atoms with Gasteiger partial charge in [-0.1, -0.05) is 12.1 Å². The van der Waals surface area contributed by atoms with E-state index in [1.807, 2.05) is 18.2 Å². The molecule has 3 saturated carbocycles. The van der Waals surface area contributed by atoms with Crippen molar-refractivity contribution in [2.75, 3.05) is 12.8 Å². The number of methoxy groups -OCH3 is 1. The molecule has 6 N–H and O–H groups in total. The zero-order valence-electron chi connectivity index (χ0n) is 19.6. The van der Waals surface area contributed by atoms with E-state index in [-0.39, 0.29) is 29.0 Å². The molecule has 184 valence electrons. The van der Waals surface area contributed by atoms with Gasteiger partial charge in [-0.3, -0.25) is 9.59 Å². The number of hydrogen-bond donors (Lipinski definition) is 4. The number of anilines is 1. The average molecular weight is 489 g/mol. The normalized spacial score (nSPS) is 20.0. The molecule has 0 atom stereocenters. The van der Waals surface area contributed by atoms with Crippen molar-refractivity contribution in [2.45, 2.75) is 31.3 Å². The van der Waals surface area contributed by atoms with Gasteiger partial charge >= 0.3 is 0 Å². The summed E-state index contributed by atoms with van der Waals surface area (Å²) < 4.78 is 20.7. The fourth-order valence-electron chi connectivity index (χ4n) is 5.61. The number of benzene rings is 2. The number of carbonyl (C=O) groups is 2. The molecular formula is C26H25FN6O3. The van der Waals surface area contributed by atoms with Crippen LogP contribution in [0.1, 0.15) is 45.5 Å². The highest BCUT2D eigenvalue weighted by atomic mass is 19.1. The number of hydrogen-bond acceptors (Lipinski definition) is 5. The van der Waals surface area contributed by atoms with Gasteiger partial charge in [0, 0.05) is 23.7 Å². The van der Waals surface area contributed by atoms with Crippen molar-refractivity contribution in [3.63, 3.8) is 0 Å². The molecule has 0 saturated heterocycles. The first kappa shape index (κ1) is 22.1. The predicted molar refractivity (Wildman–Crippen MR) is 132 cm³/mol. The molecule has 0 unspecified atom stereocenters. The van der Waals surface area contributed by atoms with Crippen molar-refractivity contribution >= 4 is 28.5 Å². The van der Waals surface area contributed by atoms with E-state index in [1.54, 1.807) is 10.9 Å². The van der Waals surface area contributed by atoms with E-state index in [0.29, 0.717) is 17.4 Å². The summed E-state index contributed by atoms with van der Waals surface area (Å²) >= 11 is 0. The van der Waals surface area contributed by atoms with Crippen LogP contribution in [0.15, 0.2) is 42.6 Å². The second kappa shape index (κ2) is 7.84. The minimum absolute atomic E-state index is 0.101. The average Bonchev–Trinajstić information content (AvgIpc) is 3.41. The lowest BCUT2D eigenvalue weighted by Gasteiger charge is -2.61. The van der Waals surface area contributed by atoms with Gasteiger partial charge in [-0.2, -0.15) is 5.10 Å². The molecule has 3 aliphatic rings. The quantitative estimate of drug-likeness (QED) is 0.316. The number of aromatic nitrogens is 3. The van der Waals surface area contributed by atoms with Gasteiger partial charge < -0.3 is 26.5 Å². The number of nitrogens with one attached hydrogen (secondary N) is 2. The highest BCUT2D eigenvalue weighted by molar-refractivity contribution is 6.07. The Labute approximate surface area is 205 Å². The number of rotatable bonds is 7. The van der Waals surface area contributed by atoms with Crippen molar-refractivity contribution in [1.29, 1.82) is 0 Å². The van der Waals surface area contributed by atoms with Gasteiger partial charge in [0.2, 0.25) is 0 Å². The third kappa shape index (κ3) is 3.17. The first-order valence-electron chi connectivity index (χ1n) is 11.7. The Morgan fingerprint density at radius 3 is 2.69 bits per heavy atom. The monoisotopic (exact) mass is 488 g/mol. The molecule has 2 bridgehead atoms. The maximum atomic E-state index is 13.7. The maximum absolute atomic E-state index is 13.7. The number of H-pyrrole nitrogens is 1. The minimum Gasteiger partial charge on any atom is -0.496 e. The molecule has 2 heterocycles. The van der Waals surface area contributed by atoms with E-state index < -0.39 is 17.6 Å². The molecule has 0 radical (unpaired) electrons. The Bertz CT molecular complexity index is 1540. The lowest BCUT2D eigenvalue weighted by molar-refractivity contribution is -0.0958. The zero-order chi connectivity index (χ0) is 25.2. The lowest BCUT2D eigenvalue weighted by atomic mass is 9.50. The van der Waals surface area contributed by atoms with Crippen LogP contribution in [0.2, 0.25) is 0 Å². The smallest absolute Gasteiger partial charge is 0.255 e. The number of primary amides is 1. The minimum atomic E-state index is -0.621. The second-order valence-corrected chi connectivity index (χ2v) is 9.65. The summed E-state index contributed by atoms with van der Waals surface area (Å²) in [7, 11) is 1.42. The van der Waals surface area contributed by atoms with Crippen LogP contribution in [0.25, 0.3) is 22.2 Å². The predicted octanol–water partition coefficient (Wildman–Crippen LogP) is 3.30. The number of fused-ring (bicyclic) bond motifs is 1. The summed E-state index contributed by atoms with van der Waals surface area (Å²) in [5.41, 5.74) is 15.1. The fourth-order valence-corrected chi connectivity index (χ4v) is 5.61. The van der Waals surface area contributed by atoms with E-state index >= 15 is 0 Å². The van der Waals surface area contributed by atoms with Gasteiger partial charge in [0.25, 0.3) is 11.8 Å². The summed E-state index contributed by atoms with van der Waals surface area (Å²) in [4.78, 5) is 28.4. The number of aromatic amines is 1. The Hall–Kier alpha value is -4.34. The van der Waals surface area contributed by atoms with Crippen LogP contribution in [0.5, 0.6) is 5.75 Å². The molecule has 4 aromatic rings. The highest BCUT2D eigenvalue weighted by Crippen LogP contribution is 2.63. The largest absolute Gasteiger partial charge is 0.496 e. The van der Waals surface area contributed by atoms with E-state index in [0.717, 1.165) is 47.4 Å². The molecule has 10 heteroatoms. The SMILES string of the molecule is COc1ccc(F)cc1C(=O)NCc1ccc(-c2nn(C34CC(C3)C4)c(N)c2C(N)=O)c2cc[nH]c12. The first-order chi connectivity index (χ1) is 17.3. The van der Waals surface area contributed by atoms with Crippen LogP contribution in [0.3, 0.4) is 0 Å². The number of nitrogen functional groups attached to an aromatic ring is 1. The number of carbonyl (C=O) groups excluding carboxylic acids is 2. The van der Waals surface area contributed by atoms with Crippen LogP contribution in [0.4, 0.5) is 10.2 Å². The van der Waals surface area contributed by atoms with Crippen molar-refractivity contribution < 1.29 is 18.7 Å². The van der Waals surface area contributed by atoms with Gasteiger partial charge in [-0.25, -0.2) is 9.07 Å². The maximum Gasteiger partial charge on any atom is 0.255 e. The van der Waals surface area contributed by atoms with E-state index in [1.165, 1.54) is 19.2 Å². The summed E-state index contributed by atoms with van der Waals surface area (Å²) in [5.74, 6) is -0.308. The molecule has 36 heavy (non-hydrogen) atoms. The van der Waals surface area contributed by atoms with Gasteiger partial charge in [0.15, 0.2) is 0 Å². The zero-order valence-corrected chi connectivity index (χ0v) is 19.6. The Balaban J connectivity index is 1.34. The highest BCUT2D eigenvalue weighted by Gasteiger charge is 2.59. The number of nitrogens with zero attached hydrogens (tertiary/aromatic N) is 2. The van der Waals surface area contributed by atoms with Crippen LogP contribution in [-0.4, -0.2) is 33.7 Å². The molecule has 7 rings (SSSR count). The number of amides is 2. The summed E-state index contributed by atoms with van der Waals surface area (Å²) in [6, 6.07) is 9.36. The van der Waals surface area contributed by atoms with Crippen molar-refractivity contribution in [2.24, 2.45) is 11.7 Å². The van der Waals surface area contributed by atoms with Gasteiger partial charge in [-0.15, -0.1) is 0 Å². The summed E-state index contributed by atoms with van der Waals surface area (Å²) in [6.07, 6.45) is 4.83. The molecule has 3 fully saturated rings. The molecule has 2 aromatic heterocycles. The molecule has 0 spiro atoms. The Morgan fingerprint density at radius 2 is 2.03 bits per heavy atom. The van der Waals surface area contributed by atoms with Gasteiger partial charge in [0.05, 0.1) is 23.7 Å². The molecule has 2 aromatic carbocycles. The van der Waals surface area contributed by atoms with Crippen LogP contribution in [0, 0.1) is 11.7 Å². The van der Waals surface area contributed by atoms with Gasteiger partial charge in [-0.05, 0) is 55.0 Å². The number of ether oxygens (including phenoxy) is 1. The van der Waals surface area contributed by atoms with E-state index in [4.69, 9.17) is 21.3 Å². The van der Waals surface area contributed by atoms with Crippen LogP contribution in [-0.2, 0) is 12.1 Å². The number of halogens is 1.